The van der Waals surface area contributed by atoms with Crippen molar-refractivity contribution in [3.8, 4) is 0 Å². The van der Waals surface area contributed by atoms with E-state index in [4.69, 9.17) is 0 Å². The Morgan fingerprint density at radius 3 is 0.810 bits per heavy atom. The Balaban J connectivity index is 4.84. The molecule has 0 saturated heterocycles. The van der Waals surface area contributed by atoms with Gasteiger partial charge in [-0.05, 0) is 20.6 Å². The largest absolute Gasteiger partial charge is 0.153 e. The van der Waals surface area contributed by atoms with E-state index >= 15 is 0 Å². The number of hydrogen-bond acceptors (Lipinski definition) is 1. The fourth-order valence-corrected chi connectivity index (χ4v) is 15.8. The molecule has 0 saturated carbocycles. The molecule has 0 nitrogen and oxygen atoms in total. The summed E-state index contributed by atoms with van der Waals surface area (Å²) < 4.78 is 0. The zero-order valence-electron chi connectivity index (χ0n) is 16.7. The Kier molecular flexibility index (Phi) is 7.83. The molecule has 21 heavy (non-hydrogen) atoms. The first-order valence-electron chi connectivity index (χ1n) is 8.10. The number of hydrogen-bond donors (Lipinski definition) is 0. The number of rotatable bonds is 4. The zero-order valence-corrected chi connectivity index (χ0v) is 19.3. The predicted molar refractivity (Wildman–Crippen MR) is 110 cm³/mol. The van der Waals surface area contributed by atoms with Gasteiger partial charge >= 0.3 is 0 Å². The first-order valence-corrected chi connectivity index (χ1v) is 12.3. The van der Waals surface area contributed by atoms with Crippen molar-refractivity contribution in [2.45, 2.75) is 104 Å². The van der Waals surface area contributed by atoms with E-state index < -0.39 is 0 Å². The van der Waals surface area contributed by atoms with E-state index in [1.807, 2.05) is 0 Å². The van der Waals surface area contributed by atoms with E-state index in [9.17, 15) is 0 Å². The van der Waals surface area contributed by atoms with Crippen molar-refractivity contribution < 1.29 is 0 Å². The highest BCUT2D eigenvalue weighted by atomic mass is 32.2. The standard InChI is InChI=1S/C18H40P2S/c1-15(2,3)19(16(4,5)6)13-21-14-20(17(7,8)9)18(10,11)12/h13-14H2,1-12H3. The van der Waals surface area contributed by atoms with Crippen molar-refractivity contribution in [3.05, 3.63) is 0 Å². The maximum atomic E-state index is 2.43. The Bertz CT molecular complexity index is 250. The van der Waals surface area contributed by atoms with Crippen LogP contribution in [0.4, 0.5) is 0 Å². The fraction of sp³-hybridized carbons (Fsp3) is 1.00. The fourth-order valence-electron chi connectivity index (χ4n) is 3.01. The van der Waals surface area contributed by atoms with Gasteiger partial charge < -0.3 is 0 Å². The first kappa shape index (κ1) is 22.2. The maximum Gasteiger partial charge on any atom is 0.0149 e. The lowest BCUT2D eigenvalue weighted by atomic mass is 10.2. The van der Waals surface area contributed by atoms with Crippen molar-refractivity contribution in [1.29, 1.82) is 0 Å². The van der Waals surface area contributed by atoms with Crippen LogP contribution in [0, 0.1) is 0 Å². The van der Waals surface area contributed by atoms with Crippen molar-refractivity contribution in [1.82, 2.24) is 0 Å². The van der Waals surface area contributed by atoms with Crippen molar-refractivity contribution in [2.75, 3.05) is 11.0 Å². The van der Waals surface area contributed by atoms with Crippen LogP contribution < -0.4 is 0 Å². The van der Waals surface area contributed by atoms with Gasteiger partial charge in [0, 0.05) is 11.0 Å². The molecule has 3 heteroatoms. The van der Waals surface area contributed by atoms with Crippen LogP contribution in [0.25, 0.3) is 0 Å². The predicted octanol–water partition coefficient (Wildman–Crippen LogP) is 7.79. The molecule has 0 heterocycles. The Labute approximate surface area is 142 Å². The van der Waals surface area contributed by atoms with E-state index in [2.05, 4.69) is 94.8 Å². The van der Waals surface area contributed by atoms with Gasteiger partial charge in [-0.3, -0.25) is 0 Å². The molecular weight excluding hydrogens is 310 g/mol. The average Bonchev–Trinajstić information content (AvgIpc) is 2.07. The summed E-state index contributed by atoms with van der Waals surface area (Å²) >= 11 is 2.23. The third-order valence-electron chi connectivity index (χ3n) is 3.68. The second kappa shape index (κ2) is 7.40. The molecule has 0 unspecified atom stereocenters. The molecule has 0 rings (SSSR count). The van der Waals surface area contributed by atoms with Crippen LogP contribution in [0.15, 0.2) is 0 Å². The summed E-state index contributed by atoms with van der Waals surface area (Å²) in [4.78, 5) is 0. The average molecular weight is 351 g/mol. The molecule has 0 radical (unpaired) electrons. The topological polar surface area (TPSA) is 0 Å². The molecule has 0 aromatic heterocycles. The molecular formula is C18H40P2S. The van der Waals surface area contributed by atoms with Crippen LogP contribution in [0.3, 0.4) is 0 Å². The highest BCUT2D eigenvalue weighted by molar-refractivity contribution is 8.09. The third-order valence-corrected chi connectivity index (χ3v) is 13.7. The minimum atomic E-state index is 0.0282. The van der Waals surface area contributed by atoms with Crippen LogP contribution in [0.2, 0.25) is 0 Å². The molecule has 0 atom stereocenters. The highest BCUT2D eigenvalue weighted by Crippen LogP contribution is 2.65. The summed E-state index contributed by atoms with van der Waals surface area (Å²) in [5.41, 5.74) is 2.71. The van der Waals surface area contributed by atoms with Gasteiger partial charge in [-0.2, -0.15) is 11.8 Å². The molecule has 0 aliphatic carbocycles. The Morgan fingerprint density at radius 2 is 0.667 bits per heavy atom. The molecule has 0 aliphatic heterocycles. The molecule has 0 spiro atoms. The lowest BCUT2D eigenvalue weighted by Gasteiger charge is -2.44. The van der Waals surface area contributed by atoms with E-state index in [0.717, 1.165) is 0 Å². The smallest absolute Gasteiger partial charge is 0.0149 e. The summed E-state index contributed by atoms with van der Waals surface area (Å²) in [6, 6.07) is 0. The maximum absolute atomic E-state index is 2.43. The van der Waals surface area contributed by atoms with Gasteiger partial charge in [0.1, 0.15) is 0 Å². The molecule has 0 fully saturated rings. The lowest BCUT2D eigenvalue weighted by Crippen LogP contribution is -2.27. The molecule has 0 aromatic rings. The lowest BCUT2D eigenvalue weighted by molar-refractivity contribution is 0.709. The van der Waals surface area contributed by atoms with Crippen molar-refractivity contribution in [2.24, 2.45) is 0 Å². The molecule has 0 aromatic carbocycles. The number of thioether (sulfide) groups is 1. The van der Waals surface area contributed by atoms with Gasteiger partial charge in [-0.15, -0.1) is 0 Å². The van der Waals surface area contributed by atoms with Gasteiger partial charge in [-0.25, -0.2) is 0 Å². The minimum absolute atomic E-state index is 0.0282. The van der Waals surface area contributed by atoms with Crippen LogP contribution >= 0.6 is 27.6 Å². The van der Waals surface area contributed by atoms with Crippen LogP contribution in [0.5, 0.6) is 0 Å². The van der Waals surface area contributed by atoms with Gasteiger partial charge in [0.25, 0.3) is 0 Å². The normalized spacial score (nSPS) is 15.1. The summed E-state index contributed by atoms with van der Waals surface area (Å²) in [5, 5.41) is 1.80. The van der Waals surface area contributed by atoms with E-state index in [1.54, 1.807) is 0 Å². The second-order valence-corrected chi connectivity index (χ2v) is 19.6. The third kappa shape index (κ3) is 8.04. The summed E-state index contributed by atoms with van der Waals surface area (Å²) in [6.07, 6.45) is 0. The van der Waals surface area contributed by atoms with Crippen LogP contribution in [-0.4, -0.2) is 31.6 Å². The van der Waals surface area contributed by atoms with Gasteiger partial charge in [0.15, 0.2) is 0 Å². The highest BCUT2D eigenvalue weighted by Gasteiger charge is 2.36. The quantitative estimate of drug-likeness (QED) is 0.466. The van der Waals surface area contributed by atoms with Gasteiger partial charge in [0.05, 0.1) is 0 Å². The molecule has 128 valence electrons. The summed E-state index contributed by atoms with van der Waals surface area (Å²) in [5.74, 6) is 0. The van der Waals surface area contributed by atoms with Crippen molar-refractivity contribution in [3.63, 3.8) is 0 Å². The second-order valence-electron chi connectivity index (χ2n) is 10.0. The van der Waals surface area contributed by atoms with E-state index in [-0.39, 0.29) is 15.8 Å². The summed E-state index contributed by atoms with van der Waals surface area (Å²) in [7, 11) is 0.0564. The monoisotopic (exact) mass is 350 g/mol. The first-order chi connectivity index (χ1) is 8.97. The zero-order chi connectivity index (χ0) is 17.3. The Morgan fingerprint density at radius 1 is 0.476 bits per heavy atom. The summed E-state index contributed by atoms with van der Waals surface area (Å²) in [6.45, 7) is 29.2. The molecule has 0 amide bonds. The SMILES string of the molecule is CC(C)(C)P(CSCP(C(C)(C)C)C(C)(C)C)C(C)(C)C. The molecule has 0 bridgehead atoms. The van der Waals surface area contributed by atoms with Gasteiger partial charge in [0.2, 0.25) is 0 Å². The van der Waals surface area contributed by atoms with Gasteiger partial charge in [-0.1, -0.05) is 98.9 Å². The van der Waals surface area contributed by atoms with Crippen LogP contribution in [-0.2, 0) is 0 Å². The molecule has 0 N–H and O–H groups in total. The molecule has 0 aliphatic rings. The van der Waals surface area contributed by atoms with E-state index in [0.29, 0.717) is 20.6 Å². The van der Waals surface area contributed by atoms with Crippen LogP contribution in [0.1, 0.15) is 83.1 Å². The Hall–Kier alpha value is 1.21. The van der Waals surface area contributed by atoms with E-state index in [1.165, 1.54) is 11.0 Å². The van der Waals surface area contributed by atoms with Crippen molar-refractivity contribution >= 4 is 27.6 Å². The minimum Gasteiger partial charge on any atom is -0.153 e.